The zero-order valence-electron chi connectivity index (χ0n) is 24.8. The van der Waals surface area contributed by atoms with Crippen molar-refractivity contribution < 1.29 is 25.0 Å². The highest BCUT2D eigenvalue weighted by Crippen LogP contribution is 2.36. The lowest BCUT2D eigenvalue weighted by Crippen LogP contribution is -2.34. The van der Waals surface area contributed by atoms with Crippen LogP contribution in [-0.4, -0.2) is 79.3 Å². The van der Waals surface area contributed by atoms with E-state index >= 15 is 0 Å². The van der Waals surface area contributed by atoms with Gasteiger partial charge in [0.1, 0.15) is 12.4 Å². The molecule has 0 aliphatic heterocycles. The van der Waals surface area contributed by atoms with Crippen LogP contribution in [0.2, 0.25) is 0 Å². The molecule has 0 saturated heterocycles. The number of likely N-dealkylation sites (N-methyl/N-ethyl adjacent to an activating group) is 1. The van der Waals surface area contributed by atoms with E-state index in [2.05, 4.69) is 84.7 Å². The molecule has 3 rings (SSSR count). The minimum Gasteiger partial charge on any atom is -0.492 e. The lowest BCUT2D eigenvalue weighted by atomic mass is 9.87. The summed E-state index contributed by atoms with van der Waals surface area (Å²) in [6.07, 6.45) is 3.00. The number of nitrogens with zero attached hydrogens (tertiary/aromatic N) is 1. The van der Waals surface area contributed by atoms with Crippen molar-refractivity contribution >= 4 is 18.8 Å². The van der Waals surface area contributed by atoms with Gasteiger partial charge in [0.2, 0.25) is 0 Å². The maximum atomic E-state index is 10.3. The molecule has 0 aliphatic carbocycles. The van der Waals surface area contributed by atoms with Crippen molar-refractivity contribution in [3.05, 3.63) is 101 Å². The number of benzene rings is 3. The predicted molar refractivity (Wildman–Crippen MR) is 170 cm³/mol. The van der Waals surface area contributed by atoms with Gasteiger partial charge in [-0.05, 0) is 72.0 Å². The van der Waals surface area contributed by atoms with Crippen LogP contribution >= 0.6 is 0 Å². The minimum atomic E-state index is -0.750. The zero-order chi connectivity index (χ0) is 29.9. The van der Waals surface area contributed by atoms with E-state index < -0.39 is 7.69 Å². The molecule has 41 heavy (non-hydrogen) atoms. The number of hydrogen-bond acceptors (Lipinski definition) is 7. The standard InChI is InChI=1S/C33H44N2O3.BH3O2/c1-4-6-21-35(22-23-36)32(25-37)27-12-14-28(15-13-27)33(31(5-2)26-10-8-7-9-11-26)29-16-18-30(19-17-29)38-24-20-34-3;2-1-3/h7-19,32,34,36-37H,4-6,20-25H2,1-3H3;1-3H. The van der Waals surface area contributed by atoms with E-state index in [1.54, 1.807) is 0 Å². The molecule has 8 heteroatoms. The molecule has 7 nitrogen and oxygen atoms in total. The molecule has 222 valence electrons. The number of nitrogens with one attached hydrogen (secondary N) is 1. The van der Waals surface area contributed by atoms with Crippen molar-refractivity contribution in [1.29, 1.82) is 0 Å². The molecule has 0 saturated carbocycles. The lowest BCUT2D eigenvalue weighted by Gasteiger charge is -2.30. The molecule has 0 radical (unpaired) electrons. The fourth-order valence-electron chi connectivity index (χ4n) is 4.89. The first-order valence-electron chi connectivity index (χ1n) is 14.5. The second kappa shape index (κ2) is 20.0. The second-order valence-electron chi connectivity index (χ2n) is 9.62. The van der Waals surface area contributed by atoms with Gasteiger partial charge in [-0.1, -0.05) is 87.0 Å². The van der Waals surface area contributed by atoms with Gasteiger partial charge in [0, 0.05) is 13.1 Å². The Morgan fingerprint density at radius 1 is 0.854 bits per heavy atom. The summed E-state index contributed by atoms with van der Waals surface area (Å²) in [7, 11) is 1.17. The predicted octanol–water partition coefficient (Wildman–Crippen LogP) is 4.02. The number of hydrogen-bond donors (Lipinski definition) is 5. The number of unbranched alkanes of at least 4 members (excludes halogenated alkanes) is 1. The summed E-state index contributed by atoms with van der Waals surface area (Å²) in [5.74, 6) is 0.860. The summed E-state index contributed by atoms with van der Waals surface area (Å²) >= 11 is 0. The van der Waals surface area contributed by atoms with E-state index in [0.717, 1.165) is 54.8 Å². The Morgan fingerprint density at radius 3 is 1.98 bits per heavy atom. The van der Waals surface area contributed by atoms with Gasteiger partial charge in [-0.3, -0.25) is 4.90 Å². The zero-order valence-corrected chi connectivity index (χ0v) is 24.8. The maximum Gasteiger partial charge on any atom is 0.432 e. The van der Waals surface area contributed by atoms with Crippen molar-refractivity contribution in [2.75, 3.05) is 46.5 Å². The van der Waals surface area contributed by atoms with Crippen molar-refractivity contribution in [3.63, 3.8) is 0 Å². The maximum absolute atomic E-state index is 10.3. The van der Waals surface area contributed by atoms with Gasteiger partial charge in [0.05, 0.1) is 19.3 Å². The van der Waals surface area contributed by atoms with Gasteiger partial charge in [-0.15, -0.1) is 0 Å². The van der Waals surface area contributed by atoms with Crippen LogP contribution in [0.3, 0.4) is 0 Å². The van der Waals surface area contributed by atoms with Crippen molar-refractivity contribution in [2.45, 2.75) is 39.2 Å². The van der Waals surface area contributed by atoms with Gasteiger partial charge < -0.3 is 30.3 Å². The molecule has 0 bridgehead atoms. The number of ether oxygens (including phenoxy) is 1. The third kappa shape index (κ3) is 10.7. The highest BCUT2D eigenvalue weighted by atomic mass is 16.5. The molecule has 1 atom stereocenters. The van der Waals surface area contributed by atoms with Crippen LogP contribution in [0.1, 0.15) is 61.4 Å². The summed E-state index contributed by atoms with van der Waals surface area (Å²) < 4.78 is 5.86. The average molecular weight is 563 g/mol. The Bertz CT molecular complexity index is 1120. The van der Waals surface area contributed by atoms with Crippen LogP contribution in [-0.2, 0) is 0 Å². The Kier molecular flexibility index (Phi) is 16.7. The normalized spacial score (nSPS) is 12.3. The van der Waals surface area contributed by atoms with E-state index in [-0.39, 0.29) is 19.3 Å². The Hall–Kier alpha value is -2.98. The highest BCUT2D eigenvalue weighted by Gasteiger charge is 2.20. The summed E-state index contributed by atoms with van der Waals surface area (Å²) in [4.78, 5) is 2.18. The molecule has 0 amide bonds. The van der Waals surface area contributed by atoms with E-state index in [9.17, 15) is 10.2 Å². The van der Waals surface area contributed by atoms with Gasteiger partial charge in [-0.25, -0.2) is 0 Å². The monoisotopic (exact) mass is 562 g/mol. The van der Waals surface area contributed by atoms with Gasteiger partial charge in [-0.2, -0.15) is 0 Å². The first-order valence-corrected chi connectivity index (χ1v) is 14.5. The third-order valence-corrected chi connectivity index (χ3v) is 6.93. The molecule has 0 aromatic heterocycles. The van der Waals surface area contributed by atoms with Crippen LogP contribution in [0.4, 0.5) is 0 Å². The minimum absolute atomic E-state index is 0.0188. The number of rotatable bonds is 16. The van der Waals surface area contributed by atoms with E-state index in [1.165, 1.54) is 16.7 Å². The Balaban J connectivity index is 0.00000187. The van der Waals surface area contributed by atoms with Crippen molar-refractivity contribution in [1.82, 2.24) is 10.2 Å². The van der Waals surface area contributed by atoms with Crippen molar-refractivity contribution in [3.8, 4) is 5.75 Å². The number of aliphatic hydroxyl groups excluding tert-OH is 2. The molecule has 1 unspecified atom stereocenters. The second-order valence-corrected chi connectivity index (χ2v) is 9.62. The Labute approximate surface area is 246 Å². The van der Waals surface area contributed by atoms with E-state index in [4.69, 9.17) is 14.8 Å². The summed E-state index contributed by atoms with van der Waals surface area (Å²) in [5.41, 5.74) is 7.04. The van der Waals surface area contributed by atoms with Gasteiger partial charge >= 0.3 is 7.69 Å². The molecule has 3 aromatic rings. The summed E-state index contributed by atoms with van der Waals surface area (Å²) in [6.45, 7) is 7.29. The first kappa shape index (κ1) is 34.2. The topological polar surface area (TPSA) is 105 Å². The SMILES string of the molecule is CCCCN(CCO)C(CO)c1ccc(C(=C(CC)c2ccccc2)c2ccc(OCCNC)cc2)cc1.OBO. The molecule has 0 heterocycles. The summed E-state index contributed by atoms with van der Waals surface area (Å²) in [5, 5.41) is 37.2. The van der Waals surface area contributed by atoms with Crippen molar-refractivity contribution in [2.24, 2.45) is 0 Å². The van der Waals surface area contributed by atoms with Crippen LogP contribution < -0.4 is 10.1 Å². The molecular formula is C33H47BN2O5. The van der Waals surface area contributed by atoms with Gasteiger partial charge in [0.25, 0.3) is 0 Å². The van der Waals surface area contributed by atoms with E-state index in [1.807, 2.05) is 25.2 Å². The van der Waals surface area contributed by atoms with Crippen LogP contribution in [0.25, 0.3) is 11.1 Å². The number of allylic oxidation sites excluding steroid dienone is 1. The fourth-order valence-corrected chi connectivity index (χ4v) is 4.89. The largest absolute Gasteiger partial charge is 0.492 e. The molecular weight excluding hydrogens is 515 g/mol. The fraction of sp³-hybridized carbons (Fsp3) is 0.394. The average Bonchev–Trinajstić information content (AvgIpc) is 3.01. The van der Waals surface area contributed by atoms with Crippen LogP contribution in [0, 0.1) is 0 Å². The summed E-state index contributed by atoms with van der Waals surface area (Å²) in [6, 6.07) is 27.4. The lowest BCUT2D eigenvalue weighted by molar-refractivity contribution is 0.100. The first-order chi connectivity index (χ1) is 20.1. The quantitative estimate of drug-likeness (QED) is 0.102. The van der Waals surface area contributed by atoms with Crippen LogP contribution in [0.15, 0.2) is 78.9 Å². The highest BCUT2D eigenvalue weighted by molar-refractivity contribution is 6.13. The molecule has 5 N–H and O–H groups in total. The Morgan fingerprint density at radius 2 is 1.46 bits per heavy atom. The molecule has 3 aromatic carbocycles. The van der Waals surface area contributed by atoms with Crippen LogP contribution in [0.5, 0.6) is 5.75 Å². The van der Waals surface area contributed by atoms with Gasteiger partial charge in [0.15, 0.2) is 0 Å². The number of aliphatic hydroxyl groups is 2. The molecule has 0 aliphatic rings. The third-order valence-electron chi connectivity index (χ3n) is 6.93. The van der Waals surface area contributed by atoms with E-state index in [0.29, 0.717) is 13.2 Å². The molecule has 0 spiro atoms. The smallest absolute Gasteiger partial charge is 0.432 e. The molecule has 0 fully saturated rings.